The number of benzene rings is 1. The summed E-state index contributed by atoms with van der Waals surface area (Å²) in [6.45, 7) is 0.408. The lowest BCUT2D eigenvalue weighted by atomic mass is 10.1. The molecular weight excluding hydrogens is 281 g/mol. The van der Waals surface area contributed by atoms with E-state index in [9.17, 15) is 12.8 Å². The number of rotatable bonds is 5. The van der Waals surface area contributed by atoms with Crippen LogP contribution in [-0.2, 0) is 22.3 Å². The summed E-state index contributed by atoms with van der Waals surface area (Å²) < 4.78 is 38.9. The molecule has 0 atom stereocenters. The molecule has 0 amide bonds. The van der Waals surface area contributed by atoms with E-state index in [0.29, 0.717) is 12.1 Å². The normalized spacial score (nSPS) is 11.3. The Kier molecular flexibility index (Phi) is 4.31. The summed E-state index contributed by atoms with van der Waals surface area (Å²) in [5.74, 6) is -0.619. The van der Waals surface area contributed by atoms with Gasteiger partial charge in [-0.15, -0.1) is 0 Å². The molecule has 20 heavy (non-hydrogen) atoms. The molecule has 0 aliphatic heterocycles. The molecule has 1 aromatic carbocycles. The number of nitrogens with one attached hydrogen (secondary N) is 1. The quantitative estimate of drug-likeness (QED) is 0.877. The third-order valence-corrected chi connectivity index (χ3v) is 3.84. The SMILES string of the molecule is NCc1ccc(CS(=O)(=O)Nc2ccc(F)cn2)cc1. The Morgan fingerprint density at radius 1 is 1.10 bits per heavy atom. The van der Waals surface area contributed by atoms with Gasteiger partial charge in [-0.1, -0.05) is 24.3 Å². The van der Waals surface area contributed by atoms with Gasteiger partial charge in [0.2, 0.25) is 10.0 Å². The maximum absolute atomic E-state index is 12.7. The monoisotopic (exact) mass is 295 g/mol. The maximum Gasteiger partial charge on any atom is 0.238 e. The number of hydrogen-bond donors (Lipinski definition) is 2. The summed E-state index contributed by atoms with van der Waals surface area (Å²) in [7, 11) is -3.59. The maximum atomic E-state index is 12.7. The third kappa shape index (κ3) is 4.01. The average Bonchev–Trinajstić information content (AvgIpc) is 2.41. The molecule has 0 spiro atoms. The molecule has 0 unspecified atom stereocenters. The lowest BCUT2D eigenvalue weighted by Crippen LogP contribution is -2.16. The number of sulfonamides is 1. The Balaban J connectivity index is 2.08. The van der Waals surface area contributed by atoms with E-state index in [1.807, 2.05) is 0 Å². The lowest BCUT2D eigenvalue weighted by Gasteiger charge is -2.07. The first-order chi connectivity index (χ1) is 9.48. The fourth-order valence-electron chi connectivity index (χ4n) is 1.62. The second-order valence-electron chi connectivity index (χ2n) is 4.24. The van der Waals surface area contributed by atoms with Crippen molar-refractivity contribution in [1.29, 1.82) is 0 Å². The molecule has 1 aromatic heterocycles. The molecule has 0 radical (unpaired) electrons. The van der Waals surface area contributed by atoms with Crippen LogP contribution in [0.2, 0.25) is 0 Å². The zero-order valence-electron chi connectivity index (χ0n) is 10.6. The van der Waals surface area contributed by atoms with Crippen LogP contribution in [0, 0.1) is 5.82 Å². The van der Waals surface area contributed by atoms with E-state index >= 15 is 0 Å². The zero-order chi connectivity index (χ0) is 14.6. The minimum atomic E-state index is -3.59. The van der Waals surface area contributed by atoms with E-state index in [2.05, 4.69) is 9.71 Å². The second-order valence-corrected chi connectivity index (χ2v) is 5.97. The Morgan fingerprint density at radius 3 is 2.30 bits per heavy atom. The molecule has 0 aliphatic rings. The topological polar surface area (TPSA) is 85.1 Å². The van der Waals surface area contributed by atoms with Gasteiger partial charge in [0.1, 0.15) is 11.6 Å². The molecule has 2 rings (SSSR count). The Morgan fingerprint density at radius 2 is 1.75 bits per heavy atom. The molecule has 2 aromatic rings. The van der Waals surface area contributed by atoms with Gasteiger partial charge in [-0.3, -0.25) is 4.72 Å². The van der Waals surface area contributed by atoms with Crippen LogP contribution in [0.3, 0.4) is 0 Å². The summed E-state index contributed by atoms with van der Waals surface area (Å²) in [5, 5.41) is 0. The second kappa shape index (κ2) is 5.98. The molecule has 7 heteroatoms. The highest BCUT2D eigenvalue weighted by atomic mass is 32.2. The van der Waals surface area contributed by atoms with Crippen LogP contribution in [0.25, 0.3) is 0 Å². The van der Waals surface area contributed by atoms with Gasteiger partial charge in [-0.25, -0.2) is 17.8 Å². The Bertz CT molecular complexity index is 670. The summed E-state index contributed by atoms with van der Waals surface area (Å²) in [6, 6.07) is 9.38. The van der Waals surface area contributed by atoms with Crippen LogP contribution in [-0.4, -0.2) is 13.4 Å². The summed E-state index contributed by atoms with van der Waals surface area (Å²) in [4.78, 5) is 3.65. The largest absolute Gasteiger partial charge is 0.326 e. The molecule has 0 saturated carbocycles. The Labute approximate surface area is 116 Å². The van der Waals surface area contributed by atoms with E-state index in [4.69, 9.17) is 5.73 Å². The van der Waals surface area contributed by atoms with E-state index in [0.717, 1.165) is 17.8 Å². The van der Waals surface area contributed by atoms with Gasteiger partial charge in [-0.05, 0) is 23.3 Å². The van der Waals surface area contributed by atoms with Crippen molar-refractivity contribution in [3.05, 3.63) is 59.5 Å². The number of pyridine rings is 1. The highest BCUT2D eigenvalue weighted by Gasteiger charge is 2.12. The molecule has 0 saturated heterocycles. The molecule has 5 nitrogen and oxygen atoms in total. The molecule has 0 fully saturated rings. The van der Waals surface area contributed by atoms with Gasteiger partial charge in [0.15, 0.2) is 0 Å². The minimum Gasteiger partial charge on any atom is -0.326 e. The van der Waals surface area contributed by atoms with Crippen molar-refractivity contribution in [3.8, 4) is 0 Å². The number of hydrogen-bond acceptors (Lipinski definition) is 4. The molecule has 106 valence electrons. The van der Waals surface area contributed by atoms with E-state index in [1.54, 1.807) is 24.3 Å². The first kappa shape index (κ1) is 14.4. The molecule has 3 N–H and O–H groups in total. The molecular formula is C13H14FN3O2S. The Hall–Kier alpha value is -1.99. The van der Waals surface area contributed by atoms with Crippen LogP contribution >= 0.6 is 0 Å². The van der Waals surface area contributed by atoms with Gasteiger partial charge in [0.05, 0.1) is 11.9 Å². The van der Waals surface area contributed by atoms with Crippen LogP contribution in [0.4, 0.5) is 10.2 Å². The summed E-state index contributed by atoms with van der Waals surface area (Å²) in [6.07, 6.45) is 0.952. The van der Waals surface area contributed by atoms with Crippen LogP contribution in [0.15, 0.2) is 42.6 Å². The first-order valence-corrected chi connectivity index (χ1v) is 7.54. The highest BCUT2D eigenvalue weighted by Crippen LogP contribution is 2.12. The van der Waals surface area contributed by atoms with Gasteiger partial charge in [-0.2, -0.15) is 0 Å². The number of halogens is 1. The van der Waals surface area contributed by atoms with Crippen LogP contribution in [0.5, 0.6) is 0 Å². The van der Waals surface area contributed by atoms with Crippen LogP contribution < -0.4 is 10.5 Å². The zero-order valence-corrected chi connectivity index (χ0v) is 11.4. The molecule has 1 heterocycles. The van der Waals surface area contributed by atoms with E-state index in [-0.39, 0.29) is 11.6 Å². The fraction of sp³-hybridized carbons (Fsp3) is 0.154. The van der Waals surface area contributed by atoms with Crippen molar-refractivity contribution in [2.24, 2.45) is 5.73 Å². The van der Waals surface area contributed by atoms with Crippen molar-refractivity contribution in [2.45, 2.75) is 12.3 Å². The van der Waals surface area contributed by atoms with Gasteiger partial charge < -0.3 is 5.73 Å². The number of nitrogens with zero attached hydrogens (tertiary/aromatic N) is 1. The minimum absolute atomic E-state index is 0.0879. The number of nitrogens with two attached hydrogens (primary N) is 1. The van der Waals surface area contributed by atoms with E-state index in [1.165, 1.54) is 6.07 Å². The predicted molar refractivity (Wildman–Crippen MR) is 74.8 cm³/mol. The summed E-state index contributed by atoms with van der Waals surface area (Å²) in [5.41, 5.74) is 7.04. The van der Waals surface area contributed by atoms with Gasteiger partial charge in [0, 0.05) is 6.54 Å². The van der Waals surface area contributed by atoms with Crippen molar-refractivity contribution in [1.82, 2.24) is 4.98 Å². The van der Waals surface area contributed by atoms with Crippen molar-refractivity contribution >= 4 is 15.8 Å². The molecule has 0 aliphatic carbocycles. The predicted octanol–water partition coefficient (Wildman–Crippen LogP) is 1.62. The highest BCUT2D eigenvalue weighted by molar-refractivity contribution is 7.91. The fourth-order valence-corrected chi connectivity index (χ4v) is 2.77. The number of aromatic nitrogens is 1. The average molecular weight is 295 g/mol. The first-order valence-electron chi connectivity index (χ1n) is 5.88. The van der Waals surface area contributed by atoms with Crippen molar-refractivity contribution < 1.29 is 12.8 Å². The van der Waals surface area contributed by atoms with Crippen LogP contribution in [0.1, 0.15) is 11.1 Å². The van der Waals surface area contributed by atoms with Crippen molar-refractivity contribution in [2.75, 3.05) is 4.72 Å². The van der Waals surface area contributed by atoms with Gasteiger partial charge in [0.25, 0.3) is 0 Å². The summed E-state index contributed by atoms with van der Waals surface area (Å²) >= 11 is 0. The molecule has 0 bridgehead atoms. The van der Waals surface area contributed by atoms with Crippen molar-refractivity contribution in [3.63, 3.8) is 0 Å². The standard InChI is InChI=1S/C13H14FN3O2S/c14-12-5-6-13(16-8-12)17-20(18,19)9-11-3-1-10(7-15)2-4-11/h1-6,8H,7,9,15H2,(H,16,17). The smallest absolute Gasteiger partial charge is 0.238 e. The lowest BCUT2D eigenvalue weighted by molar-refractivity contribution is 0.599. The third-order valence-electron chi connectivity index (χ3n) is 2.60. The van der Waals surface area contributed by atoms with Gasteiger partial charge >= 0.3 is 0 Å². The van der Waals surface area contributed by atoms with E-state index < -0.39 is 15.8 Å². The number of anilines is 1.